The first kappa shape index (κ1) is 15.4. The van der Waals surface area contributed by atoms with Crippen LogP contribution in [-0.4, -0.2) is 38.6 Å². The van der Waals surface area contributed by atoms with E-state index in [1.54, 1.807) is 11.8 Å². The molecule has 116 valence electrons. The average molecular weight is 337 g/mol. The number of nitrogens with zero attached hydrogens (tertiary/aromatic N) is 4. The van der Waals surface area contributed by atoms with Gasteiger partial charge in [-0.15, -0.1) is 0 Å². The fourth-order valence-electron chi connectivity index (χ4n) is 2.70. The van der Waals surface area contributed by atoms with Crippen LogP contribution in [-0.2, 0) is 4.79 Å². The van der Waals surface area contributed by atoms with Gasteiger partial charge in [0, 0.05) is 11.9 Å². The Morgan fingerprint density at radius 3 is 2.50 bits per heavy atom. The predicted molar refractivity (Wildman–Crippen MR) is 91.0 cm³/mol. The molecule has 1 aromatic rings. The van der Waals surface area contributed by atoms with Crippen molar-refractivity contribution < 1.29 is 4.79 Å². The number of hydrogen-bond donors (Lipinski definition) is 0. The predicted octanol–water partition coefficient (Wildman–Crippen LogP) is 3.33. The lowest BCUT2D eigenvalue weighted by Crippen LogP contribution is -2.39. The molecule has 3 rings (SSSR count). The summed E-state index contributed by atoms with van der Waals surface area (Å²) in [6, 6.07) is 7.49. The zero-order valence-corrected chi connectivity index (χ0v) is 14.4. The minimum Gasteiger partial charge on any atom is -0.278 e. The molecule has 7 heteroatoms. The minimum atomic E-state index is -0.437. The van der Waals surface area contributed by atoms with Crippen LogP contribution in [0.5, 0.6) is 0 Å². The Labute approximate surface area is 139 Å². The van der Waals surface area contributed by atoms with Gasteiger partial charge in [0.15, 0.2) is 17.2 Å². The molecule has 5 nitrogen and oxygen atoms in total. The monoisotopic (exact) mass is 336 g/mol. The van der Waals surface area contributed by atoms with E-state index in [0.29, 0.717) is 5.02 Å². The number of carbonyl (C=O) groups excluding carboxylic acids is 1. The first-order valence-electron chi connectivity index (χ1n) is 6.92. The summed E-state index contributed by atoms with van der Waals surface area (Å²) in [6.45, 7) is 5.53. The molecule has 0 radical (unpaired) electrons. The second-order valence-electron chi connectivity index (χ2n) is 5.74. The lowest BCUT2D eigenvalue weighted by molar-refractivity contribution is -0.131. The van der Waals surface area contributed by atoms with Crippen LogP contribution < -0.4 is 0 Å². The van der Waals surface area contributed by atoms with Gasteiger partial charge in [0.05, 0.1) is 0 Å². The number of amides is 1. The van der Waals surface area contributed by atoms with E-state index >= 15 is 0 Å². The SMILES string of the molecule is CSC1=NC(C)(C)C2=NN(C(C)=O)C(c3ccc(Cl)cc3)N12. The van der Waals surface area contributed by atoms with Gasteiger partial charge in [-0.1, -0.05) is 35.5 Å². The van der Waals surface area contributed by atoms with Crippen molar-refractivity contribution in [3.8, 4) is 0 Å². The van der Waals surface area contributed by atoms with E-state index in [2.05, 4.69) is 5.10 Å². The Hall–Kier alpha value is -1.53. The molecule has 0 aromatic heterocycles. The molecule has 0 saturated heterocycles. The van der Waals surface area contributed by atoms with Gasteiger partial charge in [-0.25, -0.2) is 10.0 Å². The van der Waals surface area contributed by atoms with E-state index < -0.39 is 5.54 Å². The average Bonchev–Trinajstić information content (AvgIpc) is 2.97. The molecule has 0 spiro atoms. The van der Waals surface area contributed by atoms with E-state index in [-0.39, 0.29) is 12.1 Å². The summed E-state index contributed by atoms with van der Waals surface area (Å²) in [5, 5.41) is 7.60. The molecule has 0 fully saturated rings. The van der Waals surface area contributed by atoms with Crippen molar-refractivity contribution >= 4 is 40.3 Å². The smallest absolute Gasteiger partial charge is 0.241 e. The standard InChI is InChI=1S/C15H17ClN4OS/c1-9(21)20-12(10-5-7-11(16)8-6-10)19-13(18-20)15(2,3)17-14(19)22-4/h5-8,12H,1-4H3. The van der Waals surface area contributed by atoms with E-state index in [1.165, 1.54) is 11.9 Å². The quantitative estimate of drug-likeness (QED) is 0.790. The van der Waals surface area contributed by atoms with E-state index in [9.17, 15) is 4.79 Å². The van der Waals surface area contributed by atoms with Crippen LogP contribution >= 0.6 is 23.4 Å². The molecule has 1 unspecified atom stereocenters. The van der Waals surface area contributed by atoms with Crippen LogP contribution in [0.2, 0.25) is 5.02 Å². The van der Waals surface area contributed by atoms with Crippen molar-refractivity contribution in [2.75, 3.05) is 6.26 Å². The van der Waals surface area contributed by atoms with Crippen LogP contribution in [0, 0.1) is 0 Å². The molecular formula is C15H17ClN4OS. The lowest BCUT2D eigenvalue weighted by Gasteiger charge is -2.28. The van der Waals surface area contributed by atoms with Crippen LogP contribution in [0.15, 0.2) is 34.4 Å². The highest BCUT2D eigenvalue weighted by Gasteiger charge is 2.49. The fourth-order valence-corrected chi connectivity index (χ4v) is 3.53. The van der Waals surface area contributed by atoms with Gasteiger partial charge in [-0.3, -0.25) is 9.69 Å². The number of aliphatic imine (C=N–C) groups is 1. The molecule has 1 aromatic carbocycles. The number of amidine groups is 2. The molecule has 2 aliphatic heterocycles. The molecule has 22 heavy (non-hydrogen) atoms. The molecular weight excluding hydrogens is 320 g/mol. The summed E-state index contributed by atoms with van der Waals surface area (Å²) in [7, 11) is 0. The number of benzene rings is 1. The first-order chi connectivity index (χ1) is 10.3. The second-order valence-corrected chi connectivity index (χ2v) is 6.95. The third kappa shape index (κ3) is 2.30. The number of halogens is 1. The van der Waals surface area contributed by atoms with E-state index in [1.807, 2.05) is 49.3 Å². The second kappa shape index (κ2) is 5.28. The van der Waals surface area contributed by atoms with Gasteiger partial charge >= 0.3 is 0 Å². The highest BCUT2D eigenvalue weighted by Crippen LogP contribution is 2.41. The molecule has 2 aliphatic rings. The Bertz CT molecular complexity index is 683. The number of hydrogen-bond acceptors (Lipinski definition) is 5. The van der Waals surface area contributed by atoms with Crippen LogP contribution in [0.4, 0.5) is 0 Å². The zero-order chi connectivity index (χ0) is 16.1. The first-order valence-corrected chi connectivity index (χ1v) is 8.53. The number of rotatable bonds is 1. The normalized spacial score (nSPS) is 22.5. The summed E-state index contributed by atoms with van der Waals surface area (Å²) < 4.78 is 0. The van der Waals surface area contributed by atoms with Crippen molar-refractivity contribution in [1.82, 2.24) is 9.91 Å². The van der Waals surface area contributed by atoms with Crippen molar-refractivity contribution in [3.63, 3.8) is 0 Å². The van der Waals surface area contributed by atoms with Gasteiger partial charge in [-0.05, 0) is 37.8 Å². The number of carbonyl (C=O) groups is 1. The van der Waals surface area contributed by atoms with Gasteiger partial charge in [0.1, 0.15) is 5.54 Å². The Kier molecular flexibility index (Phi) is 3.69. The number of fused-ring (bicyclic) bond motifs is 1. The third-order valence-corrected chi connectivity index (χ3v) is 4.61. The molecule has 2 heterocycles. The molecule has 0 saturated carbocycles. The summed E-state index contributed by atoms with van der Waals surface area (Å²) >= 11 is 7.54. The highest BCUT2D eigenvalue weighted by molar-refractivity contribution is 8.13. The molecule has 0 bridgehead atoms. The Balaban J connectivity index is 2.10. The Morgan fingerprint density at radius 2 is 1.95 bits per heavy atom. The van der Waals surface area contributed by atoms with Crippen molar-refractivity contribution in [3.05, 3.63) is 34.9 Å². The zero-order valence-electron chi connectivity index (χ0n) is 12.9. The van der Waals surface area contributed by atoms with Crippen LogP contribution in [0.1, 0.15) is 32.5 Å². The van der Waals surface area contributed by atoms with E-state index in [4.69, 9.17) is 16.6 Å². The molecule has 1 atom stereocenters. The highest BCUT2D eigenvalue weighted by atomic mass is 35.5. The fraction of sp³-hybridized carbons (Fsp3) is 0.400. The summed E-state index contributed by atoms with van der Waals surface area (Å²) in [5.74, 6) is 0.699. The maximum absolute atomic E-state index is 12.1. The van der Waals surface area contributed by atoms with Crippen molar-refractivity contribution in [2.45, 2.75) is 32.5 Å². The largest absolute Gasteiger partial charge is 0.278 e. The van der Waals surface area contributed by atoms with Crippen molar-refractivity contribution in [1.29, 1.82) is 0 Å². The van der Waals surface area contributed by atoms with Gasteiger partial charge in [0.25, 0.3) is 0 Å². The topological polar surface area (TPSA) is 48.3 Å². The minimum absolute atomic E-state index is 0.0990. The number of hydrazone groups is 1. The Morgan fingerprint density at radius 1 is 1.32 bits per heavy atom. The summed E-state index contributed by atoms with van der Waals surface area (Å²) in [4.78, 5) is 18.8. The van der Waals surface area contributed by atoms with Crippen LogP contribution in [0.3, 0.4) is 0 Å². The maximum Gasteiger partial charge on any atom is 0.241 e. The van der Waals surface area contributed by atoms with Crippen LogP contribution in [0.25, 0.3) is 0 Å². The molecule has 0 N–H and O–H groups in total. The summed E-state index contributed by atoms with van der Waals surface area (Å²) in [6.07, 6.45) is 1.67. The lowest BCUT2D eigenvalue weighted by atomic mass is 10.1. The van der Waals surface area contributed by atoms with Gasteiger partial charge in [0.2, 0.25) is 5.91 Å². The van der Waals surface area contributed by atoms with Gasteiger partial charge in [-0.2, -0.15) is 5.10 Å². The number of thioether (sulfide) groups is 1. The van der Waals surface area contributed by atoms with Gasteiger partial charge < -0.3 is 0 Å². The van der Waals surface area contributed by atoms with Crippen molar-refractivity contribution in [2.24, 2.45) is 10.1 Å². The molecule has 1 amide bonds. The summed E-state index contributed by atoms with van der Waals surface area (Å²) in [5.41, 5.74) is 0.519. The molecule has 0 aliphatic carbocycles. The maximum atomic E-state index is 12.1. The van der Waals surface area contributed by atoms with E-state index in [0.717, 1.165) is 16.6 Å². The third-order valence-electron chi connectivity index (χ3n) is 3.71.